The molecule has 0 aliphatic heterocycles. The second kappa shape index (κ2) is 14.3. The number of nitrogens with zero attached hydrogens (tertiary/aromatic N) is 4. The van der Waals surface area contributed by atoms with E-state index in [4.69, 9.17) is 19.9 Å². The number of rotatable bonds is 7. The zero-order valence-corrected chi connectivity index (χ0v) is 30.4. The molecule has 0 bridgehead atoms. The minimum Gasteiger partial charge on any atom is -0.248 e. The lowest BCUT2D eigenvalue weighted by atomic mass is 9.92. The van der Waals surface area contributed by atoms with Crippen LogP contribution in [0.5, 0.6) is 0 Å². The van der Waals surface area contributed by atoms with Gasteiger partial charge in [-0.05, 0) is 62.4 Å². The maximum atomic E-state index is 5.19. The van der Waals surface area contributed by atoms with Crippen LogP contribution in [0.25, 0.3) is 100 Å². The molecule has 0 aliphatic carbocycles. The van der Waals surface area contributed by atoms with Crippen molar-refractivity contribution in [2.75, 3.05) is 0 Å². The molecule has 0 saturated heterocycles. The van der Waals surface area contributed by atoms with Crippen LogP contribution in [0.15, 0.2) is 206 Å². The van der Waals surface area contributed by atoms with E-state index in [0.717, 1.165) is 61.1 Å². The lowest BCUT2D eigenvalue weighted by Gasteiger charge is -2.14. The molecule has 0 atom stereocenters. The lowest BCUT2D eigenvalue weighted by Crippen LogP contribution is -2.00. The number of hydrogen-bond acceptors (Lipinski definition) is 4. The van der Waals surface area contributed by atoms with Gasteiger partial charge in [-0.2, -0.15) is 0 Å². The molecule has 0 fully saturated rings. The van der Waals surface area contributed by atoms with Crippen molar-refractivity contribution in [1.29, 1.82) is 0 Å². The Bertz CT molecular complexity index is 2970. The van der Waals surface area contributed by atoms with E-state index < -0.39 is 0 Å². The van der Waals surface area contributed by atoms with E-state index in [1.54, 1.807) is 0 Å². The Kier molecular flexibility index (Phi) is 8.47. The summed E-state index contributed by atoms with van der Waals surface area (Å²) in [6.45, 7) is 0. The Morgan fingerprint density at radius 3 is 1.21 bits per heavy atom. The standard InChI is InChI=1S/C52H34N4/c1-5-13-35(14-6-1)36-21-26-42(27-22-36)51-54-50(41-19-11-4-12-20-41)55-52(56-51)43-28-23-37(24-29-43)44-30-25-39-31-32-47-49(45(39)33-44)46(38-15-7-2-8-16-38)34-48(53-47)40-17-9-3-10-18-40/h1-34H. The monoisotopic (exact) mass is 714 g/mol. The van der Waals surface area contributed by atoms with Gasteiger partial charge in [0.2, 0.25) is 0 Å². The number of hydrogen-bond donors (Lipinski definition) is 0. The van der Waals surface area contributed by atoms with E-state index in [-0.39, 0.29) is 0 Å². The van der Waals surface area contributed by atoms with Gasteiger partial charge in [-0.25, -0.2) is 19.9 Å². The maximum Gasteiger partial charge on any atom is 0.164 e. The van der Waals surface area contributed by atoms with Gasteiger partial charge in [-0.3, -0.25) is 0 Å². The average Bonchev–Trinajstić information content (AvgIpc) is 3.29. The highest BCUT2D eigenvalue weighted by atomic mass is 15.0. The molecule has 0 radical (unpaired) electrons. The molecule has 2 heterocycles. The van der Waals surface area contributed by atoms with Crippen LogP contribution >= 0.6 is 0 Å². The molecule has 0 saturated carbocycles. The smallest absolute Gasteiger partial charge is 0.164 e. The molecule has 8 aromatic carbocycles. The summed E-state index contributed by atoms with van der Waals surface area (Å²) in [4.78, 5) is 20.1. The van der Waals surface area contributed by atoms with Gasteiger partial charge in [-0.1, -0.05) is 188 Å². The molecule has 0 aliphatic rings. The Morgan fingerprint density at radius 2 is 0.661 bits per heavy atom. The summed E-state index contributed by atoms with van der Waals surface area (Å²) < 4.78 is 0. The third kappa shape index (κ3) is 6.40. The highest BCUT2D eigenvalue weighted by Gasteiger charge is 2.15. The van der Waals surface area contributed by atoms with Gasteiger partial charge in [0.15, 0.2) is 17.5 Å². The summed E-state index contributed by atoms with van der Waals surface area (Å²) in [6, 6.07) is 71.8. The predicted molar refractivity (Wildman–Crippen MR) is 231 cm³/mol. The first-order chi connectivity index (χ1) is 27.7. The van der Waals surface area contributed by atoms with Crippen molar-refractivity contribution < 1.29 is 0 Å². The molecule has 262 valence electrons. The van der Waals surface area contributed by atoms with Crippen molar-refractivity contribution in [2.45, 2.75) is 0 Å². The maximum absolute atomic E-state index is 5.19. The van der Waals surface area contributed by atoms with Gasteiger partial charge in [0, 0.05) is 27.6 Å². The zero-order valence-electron chi connectivity index (χ0n) is 30.4. The first-order valence-corrected chi connectivity index (χ1v) is 18.8. The van der Waals surface area contributed by atoms with Crippen LogP contribution in [-0.4, -0.2) is 19.9 Å². The van der Waals surface area contributed by atoms with Gasteiger partial charge in [0.05, 0.1) is 11.2 Å². The highest BCUT2D eigenvalue weighted by Crippen LogP contribution is 2.38. The van der Waals surface area contributed by atoms with E-state index in [0.29, 0.717) is 17.5 Å². The second-order valence-electron chi connectivity index (χ2n) is 13.9. The molecule has 0 amide bonds. The zero-order chi connectivity index (χ0) is 37.3. The van der Waals surface area contributed by atoms with Gasteiger partial charge >= 0.3 is 0 Å². The second-order valence-corrected chi connectivity index (χ2v) is 13.9. The van der Waals surface area contributed by atoms with E-state index in [1.165, 1.54) is 21.9 Å². The van der Waals surface area contributed by atoms with Crippen molar-refractivity contribution in [1.82, 2.24) is 19.9 Å². The first-order valence-electron chi connectivity index (χ1n) is 18.8. The number of fused-ring (bicyclic) bond motifs is 3. The van der Waals surface area contributed by atoms with Gasteiger partial charge in [0.1, 0.15) is 0 Å². The SMILES string of the molecule is c1ccc(-c2ccc(-c3nc(-c4ccccc4)nc(-c4ccc(-c5ccc6ccc7nc(-c8ccccc8)cc(-c8ccccc8)c7c6c5)cc4)n3)cc2)cc1. The van der Waals surface area contributed by atoms with Crippen LogP contribution in [0.4, 0.5) is 0 Å². The van der Waals surface area contributed by atoms with Crippen molar-refractivity contribution in [2.24, 2.45) is 0 Å². The third-order valence-corrected chi connectivity index (χ3v) is 10.3. The van der Waals surface area contributed by atoms with Gasteiger partial charge in [0.25, 0.3) is 0 Å². The summed E-state index contributed by atoms with van der Waals surface area (Å²) >= 11 is 0. The van der Waals surface area contributed by atoms with Crippen LogP contribution < -0.4 is 0 Å². The molecule has 4 nitrogen and oxygen atoms in total. The minimum atomic E-state index is 0.629. The van der Waals surface area contributed by atoms with Crippen LogP contribution in [-0.2, 0) is 0 Å². The van der Waals surface area contributed by atoms with Gasteiger partial charge < -0.3 is 0 Å². The van der Waals surface area contributed by atoms with Crippen molar-refractivity contribution in [3.05, 3.63) is 206 Å². The summed E-state index contributed by atoms with van der Waals surface area (Å²) in [6.07, 6.45) is 0. The number of benzene rings is 8. The Balaban J connectivity index is 1.05. The molecular formula is C52H34N4. The average molecular weight is 715 g/mol. The summed E-state index contributed by atoms with van der Waals surface area (Å²) in [5.41, 5.74) is 12.7. The molecule has 0 N–H and O–H groups in total. The molecular weight excluding hydrogens is 681 g/mol. The largest absolute Gasteiger partial charge is 0.248 e. The summed E-state index contributed by atoms with van der Waals surface area (Å²) in [7, 11) is 0. The number of aromatic nitrogens is 4. The topological polar surface area (TPSA) is 51.6 Å². The fraction of sp³-hybridized carbons (Fsp3) is 0. The first kappa shape index (κ1) is 33.0. The van der Waals surface area contributed by atoms with Crippen molar-refractivity contribution in [3.63, 3.8) is 0 Å². The van der Waals surface area contributed by atoms with Crippen LogP contribution in [0.1, 0.15) is 0 Å². The quantitative estimate of drug-likeness (QED) is 0.154. The fourth-order valence-electron chi connectivity index (χ4n) is 7.44. The summed E-state index contributed by atoms with van der Waals surface area (Å²) in [5.74, 6) is 1.91. The molecule has 2 aromatic heterocycles. The van der Waals surface area contributed by atoms with Crippen LogP contribution in [0.3, 0.4) is 0 Å². The van der Waals surface area contributed by atoms with Crippen molar-refractivity contribution >= 4 is 21.7 Å². The van der Waals surface area contributed by atoms with Crippen LogP contribution in [0.2, 0.25) is 0 Å². The Labute approximate surface area is 325 Å². The number of pyridine rings is 1. The Hall–Kier alpha value is -7.56. The molecule has 10 aromatic rings. The molecule has 0 spiro atoms. The molecule has 0 unspecified atom stereocenters. The van der Waals surface area contributed by atoms with E-state index in [2.05, 4.69) is 164 Å². The van der Waals surface area contributed by atoms with E-state index >= 15 is 0 Å². The minimum absolute atomic E-state index is 0.629. The van der Waals surface area contributed by atoms with Crippen molar-refractivity contribution in [3.8, 4) is 78.8 Å². The normalized spacial score (nSPS) is 11.2. The molecule has 4 heteroatoms. The lowest BCUT2D eigenvalue weighted by molar-refractivity contribution is 1.07. The fourth-order valence-corrected chi connectivity index (χ4v) is 7.44. The summed E-state index contributed by atoms with van der Waals surface area (Å²) in [5, 5.41) is 3.49. The predicted octanol–water partition coefficient (Wildman–Crippen LogP) is 13.2. The third-order valence-electron chi connectivity index (χ3n) is 10.3. The van der Waals surface area contributed by atoms with E-state index in [1.807, 2.05) is 42.5 Å². The Morgan fingerprint density at radius 1 is 0.268 bits per heavy atom. The van der Waals surface area contributed by atoms with Crippen LogP contribution in [0, 0.1) is 0 Å². The van der Waals surface area contributed by atoms with Gasteiger partial charge in [-0.15, -0.1) is 0 Å². The molecule has 56 heavy (non-hydrogen) atoms. The van der Waals surface area contributed by atoms with E-state index in [9.17, 15) is 0 Å². The molecule has 10 rings (SSSR count). The highest BCUT2D eigenvalue weighted by molar-refractivity contribution is 6.14.